The summed E-state index contributed by atoms with van der Waals surface area (Å²) in [6, 6.07) is 5.44. The zero-order valence-electron chi connectivity index (χ0n) is 13.1. The van der Waals surface area contributed by atoms with Crippen LogP contribution in [0.2, 0.25) is 0 Å². The minimum absolute atomic E-state index is 0.0308. The van der Waals surface area contributed by atoms with E-state index in [1.165, 1.54) is 18.2 Å². The van der Waals surface area contributed by atoms with E-state index in [4.69, 9.17) is 22.9 Å². The molecule has 12 nitrogen and oxygen atoms in total. The van der Waals surface area contributed by atoms with Crippen LogP contribution < -0.4 is 16.7 Å². The molecule has 0 unspecified atom stereocenters. The van der Waals surface area contributed by atoms with Crippen molar-refractivity contribution in [3.05, 3.63) is 40.6 Å². The second kappa shape index (κ2) is 9.71. The standard InChI is InChI=1S/C12H15N5O4S.O3S/c13-6-2-5-10-15-11(17-12(18)16-10)14-8-3-1-4-9(7-8)22(19,20)21;1-4(2)3/h1,3-4,7H,2,5-6,13H2,(H,19,20,21)(H2,14,15,16,17,18);. The maximum absolute atomic E-state index is 11.5. The highest BCUT2D eigenvalue weighted by Crippen LogP contribution is 2.17. The van der Waals surface area contributed by atoms with E-state index >= 15 is 0 Å². The molecule has 0 fully saturated rings. The van der Waals surface area contributed by atoms with Crippen LogP contribution in [0.3, 0.4) is 0 Å². The first-order chi connectivity index (χ1) is 12.1. The van der Waals surface area contributed by atoms with E-state index in [0.29, 0.717) is 30.9 Å². The van der Waals surface area contributed by atoms with Crippen LogP contribution in [-0.2, 0) is 27.1 Å². The molecule has 1 aromatic carbocycles. The molecule has 0 spiro atoms. The first kappa shape index (κ1) is 21.4. The molecular formula is C12H15N5O7S2. The highest BCUT2D eigenvalue weighted by Gasteiger charge is 2.10. The highest BCUT2D eigenvalue weighted by molar-refractivity contribution is 7.85. The third kappa shape index (κ3) is 7.93. The lowest BCUT2D eigenvalue weighted by atomic mass is 10.3. The van der Waals surface area contributed by atoms with Gasteiger partial charge in [-0.3, -0.25) is 9.54 Å². The molecule has 142 valence electrons. The van der Waals surface area contributed by atoms with Gasteiger partial charge in [-0.2, -0.15) is 18.4 Å². The maximum Gasteiger partial charge on any atom is 0.425 e. The Labute approximate surface area is 149 Å². The summed E-state index contributed by atoms with van der Waals surface area (Å²) in [6.07, 6.45) is 1.15. The number of aromatic amines is 1. The lowest BCUT2D eigenvalue weighted by Crippen LogP contribution is -2.18. The third-order valence-corrected chi connectivity index (χ3v) is 3.55. The van der Waals surface area contributed by atoms with Gasteiger partial charge in [-0.05, 0) is 31.2 Å². The molecule has 0 radical (unpaired) electrons. The summed E-state index contributed by atoms with van der Waals surface area (Å²) < 4.78 is 56.5. The summed E-state index contributed by atoms with van der Waals surface area (Å²) >= 11 is 0. The Hall–Kier alpha value is -2.68. The van der Waals surface area contributed by atoms with Crippen molar-refractivity contribution in [2.75, 3.05) is 11.9 Å². The number of anilines is 2. The Balaban J connectivity index is 0.000000765. The molecule has 0 bridgehead atoms. The molecule has 0 aliphatic rings. The van der Waals surface area contributed by atoms with Gasteiger partial charge in [-0.15, -0.1) is 12.6 Å². The topological polar surface area (TPSA) is 202 Å². The Morgan fingerprint density at radius 1 is 1.23 bits per heavy atom. The van der Waals surface area contributed by atoms with Gasteiger partial charge in [0.05, 0.1) is 4.90 Å². The number of hydrogen-bond donors (Lipinski definition) is 4. The Morgan fingerprint density at radius 2 is 1.88 bits per heavy atom. The SMILES string of the molecule is NCCCc1nc(Nc2cccc(S(=O)(=O)O)c2)nc(=O)[nH]1.O=S(=O)=O. The summed E-state index contributed by atoms with van der Waals surface area (Å²) in [5.74, 6) is 0.460. The monoisotopic (exact) mass is 405 g/mol. The average Bonchev–Trinajstić information content (AvgIpc) is 2.51. The Morgan fingerprint density at radius 3 is 2.46 bits per heavy atom. The van der Waals surface area contributed by atoms with Gasteiger partial charge in [-0.1, -0.05) is 6.07 Å². The number of H-pyrrole nitrogens is 1. The van der Waals surface area contributed by atoms with Crippen molar-refractivity contribution in [1.29, 1.82) is 0 Å². The molecule has 1 heterocycles. The predicted octanol–water partition coefficient (Wildman–Crippen LogP) is -0.958. The number of aryl methyl sites for hydroxylation is 1. The molecule has 0 amide bonds. The van der Waals surface area contributed by atoms with Gasteiger partial charge in [0.2, 0.25) is 5.95 Å². The molecule has 0 saturated carbocycles. The van der Waals surface area contributed by atoms with Gasteiger partial charge in [0, 0.05) is 12.1 Å². The lowest BCUT2D eigenvalue weighted by Gasteiger charge is -2.07. The molecule has 2 aromatic rings. The normalized spacial score (nSPS) is 10.5. The van der Waals surface area contributed by atoms with Crippen molar-refractivity contribution in [2.45, 2.75) is 17.7 Å². The molecular weight excluding hydrogens is 390 g/mol. The summed E-state index contributed by atoms with van der Waals surface area (Å²) in [6.45, 7) is 0.463. The van der Waals surface area contributed by atoms with E-state index in [0.717, 1.165) is 0 Å². The summed E-state index contributed by atoms with van der Waals surface area (Å²) in [4.78, 5) is 21.5. The van der Waals surface area contributed by atoms with Crippen LogP contribution in [0.5, 0.6) is 0 Å². The minimum atomic E-state index is -4.31. The van der Waals surface area contributed by atoms with Gasteiger partial charge in [-0.25, -0.2) is 4.79 Å². The molecule has 0 atom stereocenters. The van der Waals surface area contributed by atoms with E-state index in [1.54, 1.807) is 6.07 Å². The molecule has 2 rings (SSSR count). The van der Waals surface area contributed by atoms with Gasteiger partial charge >= 0.3 is 16.3 Å². The number of hydrogen-bond acceptors (Lipinski definition) is 10. The molecule has 26 heavy (non-hydrogen) atoms. The second-order valence-corrected chi connectivity index (χ2v) is 6.48. The summed E-state index contributed by atoms with van der Waals surface area (Å²) in [7, 11) is -7.42. The van der Waals surface area contributed by atoms with Crippen LogP contribution in [-0.4, -0.2) is 47.1 Å². The van der Waals surface area contributed by atoms with Crippen LogP contribution in [0.1, 0.15) is 12.2 Å². The summed E-state index contributed by atoms with van der Waals surface area (Å²) in [5, 5.41) is 2.73. The van der Waals surface area contributed by atoms with Crippen molar-refractivity contribution < 1.29 is 25.6 Å². The maximum atomic E-state index is 11.5. The van der Waals surface area contributed by atoms with E-state index in [2.05, 4.69) is 20.3 Å². The zero-order chi connectivity index (χ0) is 19.7. The lowest BCUT2D eigenvalue weighted by molar-refractivity contribution is 0.483. The zero-order valence-corrected chi connectivity index (χ0v) is 14.7. The number of benzene rings is 1. The van der Waals surface area contributed by atoms with Gasteiger partial charge < -0.3 is 11.1 Å². The number of nitrogens with two attached hydrogens (primary N) is 1. The largest absolute Gasteiger partial charge is 0.425 e. The van der Waals surface area contributed by atoms with Crippen LogP contribution >= 0.6 is 0 Å². The van der Waals surface area contributed by atoms with Crippen molar-refractivity contribution in [1.82, 2.24) is 15.0 Å². The molecule has 0 aliphatic carbocycles. The fourth-order valence-electron chi connectivity index (χ4n) is 1.74. The first-order valence-corrected chi connectivity index (χ1v) is 9.34. The Kier molecular flexibility index (Phi) is 7.98. The van der Waals surface area contributed by atoms with Crippen LogP contribution in [0.15, 0.2) is 34.0 Å². The Bertz CT molecular complexity index is 1010. The summed E-state index contributed by atoms with van der Waals surface area (Å²) in [5.41, 5.74) is 5.15. The fraction of sp³-hybridized carbons (Fsp3) is 0.250. The fourth-order valence-corrected chi connectivity index (χ4v) is 2.26. The van der Waals surface area contributed by atoms with E-state index in [1.807, 2.05) is 0 Å². The van der Waals surface area contributed by atoms with Crippen LogP contribution in [0, 0.1) is 0 Å². The average molecular weight is 405 g/mol. The first-order valence-electron chi connectivity index (χ1n) is 6.90. The predicted molar refractivity (Wildman–Crippen MR) is 89.3 cm³/mol. The van der Waals surface area contributed by atoms with Gasteiger partial charge in [0.15, 0.2) is 0 Å². The quantitative estimate of drug-likeness (QED) is 0.431. The minimum Gasteiger partial charge on any atom is -0.330 e. The van der Waals surface area contributed by atoms with Gasteiger partial charge in [0.25, 0.3) is 10.1 Å². The van der Waals surface area contributed by atoms with E-state index in [-0.39, 0.29) is 10.8 Å². The molecule has 5 N–H and O–H groups in total. The number of nitrogens with one attached hydrogen (secondary N) is 2. The number of aromatic nitrogens is 3. The molecule has 0 saturated heterocycles. The van der Waals surface area contributed by atoms with E-state index in [9.17, 15) is 13.2 Å². The highest BCUT2D eigenvalue weighted by atomic mass is 32.2. The second-order valence-electron chi connectivity index (χ2n) is 4.65. The molecule has 1 aromatic heterocycles. The van der Waals surface area contributed by atoms with Crippen molar-refractivity contribution in [2.24, 2.45) is 5.73 Å². The van der Waals surface area contributed by atoms with Gasteiger partial charge in [0.1, 0.15) is 5.82 Å². The molecule has 0 aliphatic heterocycles. The number of nitrogens with zero attached hydrogens (tertiary/aromatic N) is 2. The van der Waals surface area contributed by atoms with Crippen molar-refractivity contribution >= 4 is 32.4 Å². The third-order valence-electron chi connectivity index (χ3n) is 2.71. The van der Waals surface area contributed by atoms with Crippen LogP contribution in [0.25, 0.3) is 0 Å². The van der Waals surface area contributed by atoms with Crippen molar-refractivity contribution in [3.8, 4) is 0 Å². The van der Waals surface area contributed by atoms with Crippen LogP contribution in [0.4, 0.5) is 11.6 Å². The number of rotatable bonds is 6. The van der Waals surface area contributed by atoms with Crippen molar-refractivity contribution in [3.63, 3.8) is 0 Å². The smallest absolute Gasteiger partial charge is 0.330 e. The van der Waals surface area contributed by atoms with E-state index < -0.39 is 26.4 Å². The molecule has 14 heteroatoms.